The van der Waals surface area contributed by atoms with Gasteiger partial charge in [-0.25, -0.2) is 8.78 Å². The molecule has 4 heteroatoms. The van der Waals surface area contributed by atoms with Gasteiger partial charge in [0.25, 0.3) is 0 Å². The highest BCUT2D eigenvalue weighted by molar-refractivity contribution is 5.75. The molecule has 2 nitrogen and oxygen atoms in total. The van der Waals surface area contributed by atoms with Crippen molar-refractivity contribution >= 4 is 5.91 Å². The van der Waals surface area contributed by atoms with Crippen LogP contribution in [0.4, 0.5) is 8.78 Å². The first-order valence-electron chi connectivity index (χ1n) is 7.40. The maximum absolute atomic E-state index is 13.4. The topological polar surface area (TPSA) is 29.1 Å². The second-order valence-corrected chi connectivity index (χ2v) is 5.14. The van der Waals surface area contributed by atoms with Crippen LogP contribution in [0.15, 0.2) is 48.5 Å². The zero-order valence-corrected chi connectivity index (χ0v) is 12.3. The fourth-order valence-electron chi connectivity index (χ4n) is 2.28. The van der Waals surface area contributed by atoms with Gasteiger partial charge in [0, 0.05) is 18.5 Å². The van der Waals surface area contributed by atoms with Gasteiger partial charge < -0.3 is 5.32 Å². The van der Waals surface area contributed by atoms with Gasteiger partial charge in [-0.2, -0.15) is 0 Å². The number of rotatable bonds is 7. The second-order valence-electron chi connectivity index (χ2n) is 5.14. The predicted molar refractivity (Wildman–Crippen MR) is 82.5 cm³/mol. The van der Waals surface area contributed by atoms with E-state index in [1.807, 2.05) is 30.3 Å². The molecule has 0 radical (unpaired) electrons. The molecule has 0 aliphatic carbocycles. The van der Waals surface area contributed by atoms with E-state index in [1.165, 1.54) is 23.8 Å². The van der Waals surface area contributed by atoms with E-state index in [2.05, 4.69) is 5.32 Å². The van der Waals surface area contributed by atoms with E-state index in [9.17, 15) is 13.6 Å². The number of halogens is 2. The smallest absolute Gasteiger partial charge is 0.220 e. The van der Waals surface area contributed by atoms with Crippen LogP contribution in [0.25, 0.3) is 0 Å². The Bertz CT molecular complexity index is 593. The van der Waals surface area contributed by atoms with Gasteiger partial charge in [0.1, 0.15) is 11.6 Å². The summed E-state index contributed by atoms with van der Waals surface area (Å²) in [6, 6.07) is 13.7. The minimum Gasteiger partial charge on any atom is -0.356 e. The first-order chi connectivity index (χ1) is 10.7. The van der Waals surface area contributed by atoms with E-state index >= 15 is 0 Å². The number of nitrogens with one attached hydrogen (secondary N) is 1. The van der Waals surface area contributed by atoms with Crippen LogP contribution in [0.5, 0.6) is 0 Å². The van der Waals surface area contributed by atoms with Crippen molar-refractivity contribution in [2.75, 3.05) is 6.54 Å². The van der Waals surface area contributed by atoms with Crippen LogP contribution in [-0.4, -0.2) is 12.5 Å². The summed E-state index contributed by atoms with van der Waals surface area (Å²) in [7, 11) is 0. The summed E-state index contributed by atoms with van der Waals surface area (Å²) in [4.78, 5) is 11.7. The van der Waals surface area contributed by atoms with Gasteiger partial charge in [0.05, 0.1) is 0 Å². The molecule has 22 heavy (non-hydrogen) atoms. The number of hydrogen-bond acceptors (Lipinski definition) is 1. The van der Waals surface area contributed by atoms with Gasteiger partial charge in [0.2, 0.25) is 5.91 Å². The van der Waals surface area contributed by atoms with Crippen molar-refractivity contribution in [1.29, 1.82) is 0 Å². The van der Waals surface area contributed by atoms with Crippen molar-refractivity contribution in [3.8, 4) is 0 Å². The Kier molecular flexibility index (Phi) is 6.07. The summed E-state index contributed by atoms with van der Waals surface area (Å²) in [6.45, 7) is 0.238. The molecule has 0 unspecified atom stereocenters. The number of hydrogen-bond donors (Lipinski definition) is 1. The molecule has 2 rings (SSSR count). The molecule has 0 bridgehead atoms. The Morgan fingerprint density at radius 1 is 0.909 bits per heavy atom. The summed E-state index contributed by atoms with van der Waals surface area (Å²) in [5, 5.41) is 2.70. The summed E-state index contributed by atoms with van der Waals surface area (Å²) in [5.41, 5.74) is 1.22. The molecule has 0 fully saturated rings. The van der Waals surface area contributed by atoms with E-state index in [0.29, 0.717) is 6.42 Å². The molecule has 1 amide bonds. The van der Waals surface area contributed by atoms with Crippen LogP contribution in [0.3, 0.4) is 0 Å². The minimum atomic E-state index is -0.571. The number of carbonyl (C=O) groups excluding carboxylic acids is 1. The monoisotopic (exact) mass is 303 g/mol. The van der Waals surface area contributed by atoms with Crippen LogP contribution >= 0.6 is 0 Å². The molecular formula is C18H19F2NO. The molecule has 2 aromatic carbocycles. The molecule has 0 aliphatic heterocycles. The third-order valence-electron chi connectivity index (χ3n) is 3.47. The van der Waals surface area contributed by atoms with Crippen molar-refractivity contribution in [1.82, 2.24) is 5.32 Å². The van der Waals surface area contributed by atoms with Crippen molar-refractivity contribution in [2.24, 2.45) is 0 Å². The normalized spacial score (nSPS) is 10.5. The Balaban J connectivity index is 1.68. The van der Waals surface area contributed by atoms with Crippen LogP contribution < -0.4 is 5.32 Å². The molecular weight excluding hydrogens is 284 g/mol. The molecule has 0 saturated carbocycles. The zero-order chi connectivity index (χ0) is 15.8. The Morgan fingerprint density at radius 3 is 2.27 bits per heavy atom. The van der Waals surface area contributed by atoms with E-state index < -0.39 is 11.6 Å². The Morgan fingerprint density at radius 2 is 1.59 bits per heavy atom. The molecule has 0 atom stereocenters. The highest BCUT2D eigenvalue weighted by Crippen LogP contribution is 2.12. The SMILES string of the molecule is O=C(CCCc1ccccc1)NCCc1c(F)cccc1F. The van der Waals surface area contributed by atoms with Gasteiger partial charge in [-0.3, -0.25) is 4.79 Å². The first-order valence-corrected chi connectivity index (χ1v) is 7.40. The maximum atomic E-state index is 13.4. The van der Waals surface area contributed by atoms with Crippen molar-refractivity contribution in [3.05, 3.63) is 71.3 Å². The largest absolute Gasteiger partial charge is 0.356 e. The highest BCUT2D eigenvalue weighted by atomic mass is 19.1. The highest BCUT2D eigenvalue weighted by Gasteiger charge is 2.08. The quantitative estimate of drug-likeness (QED) is 0.831. The fraction of sp³-hybridized carbons (Fsp3) is 0.278. The number of aryl methyl sites for hydroxylation is 1. The van der Waals surface area contributed by atoms with Crippen molar-refractivity contribution in [3.63, 3.8) is 0 Å². The molecule has 0 aromatic heterocycles. The van der Waals surface area contributed by atoms with Crippen molar-refractivity contribution in [2.45, 2.75) is 25.7 Å². The molecule has 116 valence electrons. The van der Waals surface area contributed by atoms with Gasteiger partial charge in [-0.15, -0.1) is 0 Å². The summed E-state index contributed by atoms with van der Waals surface area (Å²) in [5.74, 6) is -1.23. The summed E-state index contributed by atoms with van der Waals surface area (Å²) < 4.78 is 26.8. The zero-order valence-electron chi connectivity index (χ0n) is 12.3. The third-order valence-corrected chi connectivity index (χ3v) is 3.47. The van der Waals surface area contributed by atoms with Gasteiger partial charge in [-0.05, 0) is 37.0 Å². The molecule has 2 aromatic rings. The summed E-state index contributed by atoms with van der Waals surface area (Å²) >= 11 is 0. The van der Waals surface area contributed by atoms with Crippen LogP contribution in [-0.2, 0) is 17.6 Å². The average molecular weight is 303 g/mol. The second kappa shape index (κ2) is 8.27. The molecule has 0 spiro atoms. The standard InChI is InChI=1S/C18H19F2NO/c19-16-9-5-10-17(20)15(16)12-13-21-18(22)11-4-8-14-6-2-1-3-7-14/h1-3,5-7,9-10H,4,8,11-13H2,(H,21,22). The average Bonchev–Trinajstić information content (AvgIpc) is 2.51. The number of carbonyl (C=O) groups is 1. The lowest BCUT2D eigenvalue weighted by Gasteiger charge is -2.07. The molecule has 1 N–H and O–H groups in total. The fourth-order valence-corrected chi connectivity index (χ4v) is 2.28. The van der Waals surface area contributed by atoms with Crippen LogP contribution in [0, 0.1) is 11.6 Å². The van der Waals surface area contributed by atoms with E-state index in [0.717, 1.165) is 12.8 Å². The van der Waals surface area contributed by atoms with E-state index in [4.69, 9.17) is 0 Å². The van der Waals surface area contributed by atoms with Gasteiger partial charge in [0.15, 0.2) is 0 Å². The molecule has 0 heterocycles. The lowest BCUT2D eigenvalue weighted by atomic mass is 10.1. The minimum absolute atomic E-state index is 0.0204. The molecule has 0 saturated heterocycles. The van der Waals surface area contributed by atoms with Gasteiger partial charge in [-0.1, -0.05) is 36.4 Å². The van der Waals surface area contributed by atoms with E-state index in [1.54, 1.807) is 0 Å². The Hall–Kier alpha value is -2.23. The maximum Gasteiger partial charge on any atom is 0.220 e. The Labute approximate surface area is 129 Å². The lowest BCUT2D eigenvalue weighted by molar-refractivity contribution is -0.121. The number of benzene rings is 2. The number of amides is 1. The van der Waals surface area contributed by atoms with Crippen LogP contribution in [0.2, 0.25) is 0 Å². The predicted octanol–water partition coefficient (Wildman–Crippen LogP) is 3.65. The summed E-state index contributed by atoms with van der Waals surface area (Å²) in [6.07, 6.45) is 2.16. The lowest BCUT2D eigenvalue weighted by Crippen LogP contribution is -2.26. The first kappa shape index (κ1) is 16.1. The third kappa shape index (κ3) is 4.95. The van der Waals surface area contributed by atoms with Gasteiger partial charge >= 0.3 is 0 Å². The van der Waals surface area contributed by atoms with E-state index in [-0.39, 0.29) is 24.4 Å². The van der Waals surface area contributed by atoms with Crippen LogP contribution in [0.1, 0.15) is 24.0 Å². The molecule has 0 aliphatic rings. The van der Waals surface area contributed by atoms with Crippen molar-refractivity contribution < 1.29 is 13.6 Å².